The van der Waals surface area contributed by atoms with Gasteiger partial charge in [-0.3, -0.25) is 4.90 Å². The predicted octanol–water partition coefficient (Wildman–Crippen LogP) is 4.52. The second kappa shape index (κ2) is 10.8. The van der Waals surface area contributed by atoms with Crippen molar-refractivity contribution in [2.45, 2.75) is 43.7 Å². The number of benzene rings is 2. The average molecular weight is 623 g/mol. The lowest BCUT2D eigenvalue weighted by Crippen LogP contribution is -2.44. The molecule has 0 aliphatic carbocycles. The second-order valence-electron chi connectivity index (χ2n) is 13.1. The van der Waals surface area contributed by atoms with E-state index < -0.39 is 11.4 Å². The first-order valence-corrected chi connectivity index (χ1v) is 15.8. The van der Waals surface area contributed by atoms with Crippen molar-refractivity contribution in [1.29, 1.82) is 0 Å². The first kappa shape index (κ1) is 28.9. The molecule has 0 spiro atoms. The molecule has 1 unspecified atom stereocenters. The predicted molar refractivity (Wildman–Crippen MR) is 173 cm³/mol. The quantitative estimate of drug-likeness (QED) is 0.274. The molecule has 0 radical (unpaired) electrons. The third kappa shape index (κ3) is 4.71. The Kier molecular flexibility index (Phi) is 6.79. The molecule has 6 heterocycles. The maximum atomic E-state index is 15.0. The van der Waals surface area contributed by atoms with Crippen molar-refractivity contribution in [3.63, 3.8) is 0 Å². The van der Waals surface area contributed by atoms with Crippen LogP contribution in [0, 0.1) is 18.2 Å². The highest BCUT2D eigenvalue weighted by Crippen LogP contribution is 2.41. The fourth-order valence-electron chi connectivity index (χ4n) is 7.77. The molecule has 8 rings (SSSR count). The number of aliphatic hydroxyl groups is 1. The number of pyridine rings is 1. The van der Waals surface area contributed by atoms with E-state index in [0.29, 0.717) is 65.2 Å². The summed E-state index contributed by atoms with van der Waals surface area (Å²) in [4.78, 5) is 14.5. The lowest BCUT2D eigenvalue weighted by atomic mass is 9.95. The molecular formula is C35H35FN6O4. The van der Waals surface area contributed by atoms with Crippen LogP contribution in [0.1, 0.15) is 38.2 Å². The second-order valence-corrected chi connectivity index (χ2v) is 13.1. The molecule has 11 heteroatoms. The van der Waals surface area contributed by atoms with Crippen LogP contribution >= 0.6 is 0 Å². The Labute approximate surface area is 265 Å². The summed E-state index contributed by atoms with van der Waals surface area (Å²) >= 11 is 0. The summed E-state index contributed by atoms with van der Waals surface area (Å²) in [5, 5.41) is 28.3. The number of halogens is 1. The Bertz CT molecular complexity index is 2040. The van der Waals surface area contributed by atoms with Gasteiger partial charge in [0.05, 0.1) is 59.2 Å². The van der Waals surface area contributed by atoms with Crippen LogP contribution < -0.4 is 9.64 Å². The van der Waals surface area contributed by atoms with E-state index in [-0.39, 0.29) is 29.5 Å². The maximum Gasteiger partial charge on any atom is 0.319 e. The van der Waals surface area contributed by atoms with Crippen LogP contribution in [0.2, 0.25) is 0 Å². The van der Waals surface area contributed by atoms with Crippen molar-refractivity contribution in [3.05, 3.63) is 54.0 Å². The standard InChI is InChI=1S/C35H35FN6O4/c1-3-24-26(36)7-6-22-16-23(43)17-25(30(22)24)29-18-27-31(28-8-11-37-42(28)29)32(40-14-15-45-20-34(2,44)19-40)39-33(38-27)46-21-35-9-4-12-41(35)13-5-10-35/h1,6-8,11,16-18,43-44H,4-5,9-10,12-15,19-21H2,2H3. The summed E-state index contributed by atoms with van der Waals surface area (Å²) in [5.74, 6) is 2.59. The lowest BCUT2D eigenvalue weighted by Gasteiger charge is -2.32. The van der Waals surface area contributed by atoms with E-state index in [9.17, 15) is 10.2 Å². The van der Waals surface area contributed by atoms with Crippen molar-refractivity contribution in [3.8, 4) is 35.4 Å². The van der Waals surface area contributed by atoms with Crippen molar-refractivity contribution >= 4 is 33.0 Å². The number of phenolic OH excluding ortho intramolecular Hbond substituents is 1. The van der Waals surface area contributed by atoms with E-state index in [2.05, 4.69) is 15.9 Å². The van der Waals surface area contributed by atoms with Gasteiger partial charge in [0, 0.05) is 17.5 Å². The highest BCUT2D eigenvalue weighted by atomic mass is 19.1. The summed E-state index contributed by atoms with van der Waals surface area (Å²) in [5.41, 5.74) is 1.35. The summed E-state index contributed by atoms with van der Waals surface area (Å²) in [6.07, 6.45) is 12.0. The third-order valence-corrected chi connectivity index (χ3v) is 9.80. The van der Waals surface area contributed by atoms with Gasteiger partial charge in [-0.25, -0.2) is 8.91 Å². The molecular weight excluding hydrogens is 587 g/mol. The topological polar surface area (TPSA) is 108 Å². The number of aromatic nitrogens is 4. The number of hydrogen-bond donors (Lipinski definition) is 2. The van der Waals surface area contributed by atoms with Crippen molar-refractivity contribution in [2.75, 3.05) is 50.9 Å². The highest BCUT2D eigenvalue weighted by molar-refractivity contribution is 6.07. The molecule has 3 aliphatic heterocycles. The number of fused-ring (bicyclic) bond motifs is 5. The summed E-state index contributed by atoms with van der Waals surface area (Å²) in [7, 11) is 0. The SMILES string of the molecule is C#Cc1c(F)ccc2cc(O)cc(-c3cc4nc(OCC56CCCN5CCC6)nc(N5CCOCC(C)(O)C5)c4c4ccnn34)c12. The molecule has 236 valence electrons. The Morgan fingerprint density at radius 2 is 1.91 bits per heavy atom. The Hall–Kier alpha value is -4.50. The van der Waals surface area contributed by atoms with E-state index in [1.807, 2.05) is 17.0 Å². The minimum atomic E-state index is -1.10. The number of hydrogen-bond acceptors (Lipinski definition) is 9. The van der Waals surface area contributed by atoms with Gasteiger partial charge >= 0.3 is 6.01 Å². The van der Waals surface area contributed by atoms with E-state index in [1.54, 1.807) is 35.8 Å². The number of phenols is 1. The molecule has 3 aromatic heterocycles. The lowest BCUT2D eigenvalue weighted by molar-refractivity contribution is -0.0123. The van der Waals surface area contributed by atoms with E-state index in [1.165, 1.54) is 6.07 Å². The Morgan fingerprint density at radius 1 is 1.09 bits per heavy atom. The van der Waals surface area contributed by atoms with Gasteiger partial charge in [-0.05, 0) is 81.4 Å². The van der Waals surface area contributed by atoms with Crippen LogP contribution in [0.25, 0.3) is 38.4 Å². The number of β-amino-alcohol motifs (C(OH)–C–C–N with tert-alkyl or cyclic N) is 1. The maximum absolute atomic E-state index is 15.0. The minimum Gasteiger partial charge on any atom is -0.508 e. The molecule has 0 saturated carbocycles. The summed E-state index contributed by atoms with van der Waals surface area (Å²) < 4.78 is 29.0. The van der Waals surface area contributed by atoms with Crippen LogP contribution in [0.5, 0.6) is 11.8 Å². The number of anilines is 1. The zero-order valence-electron chi connectivity index (χ0n) is 25.7. The Morgan fingerprint density at radius 3 is 2.72 bits per heavy atom. The fraction of sp³-hybridized carbons (Fsp3) is 0.400. The molecule has 5 aromatic rings. The van der Waals surface area contributed by atoms with Crippen molar-refractivity contribution in [2.24, 2.45) is 0 Å². The molecule has 2 aromatic carbocycles. The van der Waals surface area contributed by atoms with E-state index >= 15 is 4.39 Å². The molecule has 3 aliphatic rings. The number of rotatable bonds is 5. The van der Waals surface area contributed by atoms with Crippen molar-refractivity contribution < 1.29 is 24.1 Å². The molecule has 0 bridgehead atoms. The normalized spacial score (nSPS) is 21.6. The molecule has 3 saturated heterocycles. The van der Waals surface area contributed by atoms with Crippen LogP contribution in [-0.2, 0) is 4.74 Å². The van der Waals surface area contributed by atoms with Gasteiger partial charge in [0.25, 0.3) is 0 Å². The van der Waals surface area contributed by atoms with Gasteiger partial charge in [-0.15, -0.1) is 6.42 Å². The van der Waals surface area contributed by atoms with Gasteiger partial charge in [0.1, 0.15) is 29.6 Å². The van der Waals surface area contributed by atoms with Gasteiger partial charge in [0.15, 0.2) is 0 Å². The molecule has 10 nitrogen and oxygen atoms in total. The number of ether oxygens (including phenoxy) is 2. The van der Waals surface area contributed by atoms with E-state index in [4.69, 9.17) is 25.9 Å². The fourth-order valence-corrected chi connectivity index (χ4v) is 7.77. The zero-order chi connectivity index (χ0) is 31.6. The van der Waals surface area contributed by atoms with Gasteiger partial charge < -0.3 is 24.6 Å². The van der Waals surface area contributed by atoms with Crippen LogP contribution in [-0.4, -0.2) is 91.8 Å². The monoisotopic (exact) mass is 622 g/mol. The van der Waals surface area contributed by atoms with Crippen molar-refractivity contribution in [1.82, 2.24) is 24.5 Å². The average Bonchev–Trinajstić information content (AvgIpc) is 3.74. The number of nitrogens with zero attached hydrogens (tertiary/aromatic N) is 6. The molecule has 46 heavy (non-hydrogen) atoms. The van der Waals surface area contributed by atoms with Crippen LogP contribution in [0.3, 0.4) is 0 Å². The minimum absolute atomic E-state index is 0.00462. The highest BCUT2D eigenvalue weighted by Gasteiger charge is 2.45. The first-order valence-electron chi connectivity index (χ1n) is 15.8. The van der Waals surface area contributed by atoms with Crippen LogP contribution in [0.15, 0.2) is 42.6 Å². The van der Waals surface area contributed by atoms with Gasteiger partial charge in [-0.1, -0.05) is 12.0 Å². The van der Waals surface area contributed by atoms with E-state index in [0.717, 1.165) is 44.2 Å². The summed E-state index contributed by atoms with van der Waals surface area (Å²) in [6, 6.07) is 10.0. The van der Waals surface area contributed by atoms with Gasteiger partial charge in [-0.2, -0.15) is 15.1 Å². The molecule has 2 N–H and O–H groups in total. The third-order valence-electron chi connectivity index (χ3n) is 9.80. The first-order chi connectivity index (χ1) is 22.2. The largest absolute Gasteiger partial charge is 0.508 e. The summed E-state index contributed by atoms with van der Waals surface area (Å²) in [6.45, 7) is 5.82. The van der Waals surface area contributed by atoms with Gasteiger partial charge in [0.2, 0.25) is 0 Å². The number of aromatic hydroxyl groups is 1. The smallest absolute Gasteiger partial charge is 0.319 e. The number of terminal acetylenes is 1. The molecule has 0 amide bonds. The Balaban J connectivity index is 1.36. The molecule has 3 fully saturated rings. The van der Waals surface area contributed by atoms with Crippen LogP contribution in [0.4, 0.5) is 10.2 Å². The molecule has 1 atom stereocenters. The zero-order valence-corrected chi connectivity index (χ0v) is 25.7.